The predicted molar refractivity (Wildman–Crippen MR) is 114 cm³/mol. The van der Waals surface area contributed by atoms with Crippen LogP contribution >= 0.6 is 11.6 Å². The van der Waals surface area contributed by atoms with Crippen LogP contribution in [0.1, 0.15) is 16.9 Å². The average Bonchev–Trinajstić information content (AvgIpc) is 3.17. The SMILES string of the molecule is Cc1cc([N+](=O)[O-])ccc1-c1ccc(/C=C(\C#N)C(=O)Nc2c(C)cccc2Cl)o1. The number of aryl methyl sites for hydroxylation is 2. The van der Waals surface area contributed by atoms with Crippen molar-refractivity contribution >= 4 is 35.0 Å². The van der Waals surface area contributed by atoms with Gasteiger partial charge in [0.15, 0.2) is 0 Å². The van der Waals surface area contributed by atoms with Gasteiger partial charge >= 0.3 is 0 Å². The van der Waals surface area contributed by atoms with Crippen molar-refractivity contribution in [2.75, 3.05) is 5.32 Å². The molecule has 0 bridgehead atoms. The van der Waals surface area contributed by atoms with Gasteiger partial charge in [0.05, 0.1) is 15.6 Å². The van der Waals surface area contributed by atoms with Crippen molar-refractivity contribution in [1.82, 2.24) is 0 Å². The van der Waals surface area contributed by atoms with Crippen LogP contribution in [0.15, 0.2) is 58.5 Å². The van der Waals surface area contributed by atoms with Gasteiger partial charge in [-0.1, -0.05) is 23.7 Å². The Hall–Kier alpha value is -3.89. The van der Waals surface area contributed by atoms with Gasteiger partial charge in [0, 0.05) is 23.8 Å². The summed E-state index contributed by atoms with van der Waals surface area (Å²) in [4.78, 5) is 22.9. The number of halogens is 1. The maximum Gasteiger partial charge on any atom is 0.269 e. The summed E-state index contributed by atoms with van der Waals surface area (Å²) in [6, 6.07) is 14.8. The Kier molecular flexibility index (Phi) is 6.00. The van der Waals surface area contributed by atoms with E-state index in [1.54, 1.807) is 50.2 Å². The average molecular weight is 422 g/mol. The second-order valence-electron chi connectivity index (χ2n) is 6.51. The Balaban J connectivity index is 1.86. The lowest BCUT2D eigenvalue weighted by Gasteiger charge is -2.09. The smallest absolute Gasteiger partial charge is 0.269 e. The third kappa shape index (κ3) is 4.40. The maximum atomic E-state index is 12.5. The number of nitrogens with zero attached hydrogens (tertiary/aromatic N) is 2. The first-order chi connectivity index (χ1) is 14.3. The molecular formula is C22H16ClN3O4. The van der Waals surface area contributed by atoms with Crippen LogP contribution in [0.2, 0.25) is 5.02 Å². The highest BCUT2D eigenvalue weighted by molar-refractivity contribution is 6.34. The van der Waals surface area contributed by atoms with Gasteiger partial charge in [0.2, 0.25) is 0 Å². The van der Waals surface area contributed by atoms with Gasteiger partial charge < -0.3 is 9.73 Å². The molecule has 8 heteroatoms. The maximum absolute atomic E-state index is 12.5. The van der Waals surface area contributed by atoms with Crippen LogP contribution in [0.5, 0.6) is 0 Å². The third-order valence-corrected chi connectivity index (χ3v) is 4.74. The number of carbonyl (C=O) groups is 1. The number of furan rings is 1. The number of nitrogens with one attached hydrogen (secondary N) is 1. The summed E-state index contributed by atoms with van der Waals surface area (Å²) in [6.45, 7) is 3.53. The van der Waals surface area contributed by atoms with E-state index in [1.165, 1.54) is 18.2 Å². The number of para-hydroxylation sites is 1. The van der Waals surface area contributed by atoms with Crippen LogP contribution in [-0.2, 0) is 4.79 Å². The van der Waals surface area contributed by atoms with Crippen molar-refractivity contribution in [1.29, 1.82) is 5.26 Å². The molecule has 0 atom stereocenters. The Bertz CT molecular complexity index is 1200. The van der Waals surface area contributed by atoms with E-state index < -0.39 is 10.8 Å². The Morgan fingerprint density at radius 3 is 2.60 bits per heavy atom. The number of anilines is 1. The number of carbonyl (C=O) groups excluding carboxylic acids is 1. The summed E-state index contributed by atoms with van der Waals surface area (Å²) < 4.78 is 5.73. The molecule has 3 aromatic rings. The lowest BCUT2D eigenvalue weighted by molar-refractivity contribution is -0.384. The molecule has 1 N–H and O–H groups in total. The normalized spacial score (nSPS) is 11.1. The zero-order valence-corrected chi connectivity index (χ0v) is 16.9. The van der Waals surface area contributed by atoms with E-state index in [2.05, 4.69) is 5.32 Å². The summed E-state index contributed by atoms with van der Waals surface area (Å²) in [5.41, 5.74) is 2.38. The minimum absolute atomic E-state index is 0.0128. The first-order valence-electron chi connectivity index (χ1n) is 8.83. The molecule has 0 saturated carbocycles. The minimum Gasteiger partial charge on any atom is -0.457 e. The van der Waals surface area contributed by atoms with Crippen LogP contribution in [0.4, 0.5) is 11.4 Å². The van der Waals surface area contributed by atoms with Crippen LogP contribution in [0, 0.1) is 35.3 Å². The van der Waals surface area contributed by atoms with Gasteiger partial charge in [-0.2, -0.15) is 5.26 Å². The topological polar surface area (TPSA) is 109 Å². The highest BCUT2D eigenvalue weighted by Crippen LogP contribution is 2.29. The molecule has 0 aliphatic heterocycles. The standard InChI is InChI=1S/C22H16ClN3O4/c1-13-4-3-5-19(23)21(13)25-22(27)15(12-24)11-17-7-9-20(30-17)18-8-6-16(26(28)29)10-14(18)2/h3-11H,1-2H3,(H,25,27)/b15-11+. The summed E-state index contributed by atoms with van der Waals surface area (Å²) in [7, 11) is 0. The van der Waals surface area contributed by atoms with E-state index in [-0.39, 0.29) is 11.3 Å². The predicted octanol–water partition coefficient (Wildman–Crippen LogP) is 5.67. The van der Waals surface area contributed by atoms with Crippen LogP contribution in [0.25, 0.3) is 17.4 Å². The lowest BCUT2D eigenvalue weighted by Crippen LogP contribution is -2.14. The van der Waals surface area contributed by atoms with Crippen LogP contribution < -0.4 is 5.32 Å². The van der Waals surface area contributed by atoms with E-state index in [1.807, 2.05) is 6.07 Å². The van der Waals surface area contributed by atoms with E-state index in [9.17, 15) is 20.2 Å². The second-order valence-corrected chi connectivity index (χ2v) is 6.92. The number of amides is 1. The monoisotopic (exact) mass is 421 g/mol. The van der Waals surface area contributed by atoms with Crippen molar-refractivity contribution in [3.8, 4) is 17.4 Å². The number of nitriles is 1. The van der Waals surface area contributed by atoms with Gasteiger partial charge in [-0.25, -0.2) is 0 Å². The number of hydrogen-bond acceptors (Lipinski definition) is 5. The summed E-state index contributed by atoms with van der Waals surface area (Å²) >= 11 is 6.12. The van der Waals surface area contributed by atoms with Gasteiger partial charge in [0.1, 0.15) is 23.2 Å². The molecule has 0 unspecified atom stereocenters. The summed E-state index contributed by atoms with van der Waals surface area (Å²) in [5.74, 6) is 0.150. The summed E-state index contributed by atoms with van der Waals surface area (Å²) in [6.07, 6.45) is 1.33. The van der Waals surface area contributed by atoms with E-state index in [0.29, 0.717) is 33.4 Å². The molecule has 1 amide bonds. The molecular weight excluding hydrogens is 406 g/mol. The quantitative estimate of drug-likeness (QED) is 0.247. The molecule has 1 aromatic heterocycles. The number of benzene rings is 2. The highest BCUT2D eigenvalue weighted by atomic mass is 35.5. The van der Waals surface area contributed by atoms with E-state index >= 15 is 0 Å². The number of hydrogen-bond donors (Lipinski definition) is 1. The number of rotatable bonds is 5. The molecule has 0 saturated heterocycles. The van der Waals surface area contributed by atoms with Crippen molar-refractivity contribution in [2.24, 2.45) is 0 Å². The zero-order valence-electron chi connectivity index (χ0n) is 16.1. The number of nitro groups is 1. The molecule has 30 heavy (non-hydrogen) atoms. The Labute approximate surface area is 177 Å². The molecule has 7 nitrogen and oxygen atoms in total. The molecule has 3 rings (SSSR count). The fraction of sp³-hybridized carbons (Fsp3) is 0.0909. The van der Waals surface area contributed by atoms with Gasteiger partial charge in [-0.15, -0.1) is 0 Å². The second kappa shape index (κ2) is 8.64. The number of nitro benzene ring substituents is 1. The first kappa shape index (κ1) is 20.8. The summed E-state index contributed by atoms with van der Waals surface area (Å²) in [5, 5.41) is 23.3. The molecule has 0 fully saturated rings. The fourth-order valence-electron chi connectivity index (χ4n) is 2.88. The molecule has 2 aromatic carbocycles. The fourth-order valence-corrected chi connectivity index (χ4v) is 3.14. The van der Waals surface area contributed by atoms with E-state index in [4.69, 9.17) is 16.0 Å². The molecule has 150 valence electrons. The first-order valence-corrected chi connectivity index (χ1v) is 9.21. The zero-order chi connectivity index (χ0) is 21.8. The van der Waals surface area contributed by atoms with Gasteiger partial charge in [0.25, 0.3) is 11.6 Å². The van der Waals surface area contributed by atoms with Crippen molar-refractivity contribution in [3.63, 3.8) is 0 Å². The third-order valence-electron chi connectivity index (χ3n) is 4.43. The molecule has 0 radical (unpaired) electrons. The van der Waals surface area contributed by atoms with Crippen LogP contribution in [-0.4, -0.2) is 10.8 Å². The Morgan fingerprint density at radius 1 is 1.20 bits per heavy atom. The highest BCUT2D eigenvalue weighted by Gasteiger charge is 2.15. The largest absolute Gasteiger partial charge is 0.457 e. The minimum atomic E-state index is -0.613. The molecule has 1 heterocycles. The number of non-ortho nitro benzene ring substituents is 1. The molecule has 0 aliphatic carbocycles. The lowest BCUT2D eigenvalue weighted by atomic mass is 10.1. The van der Waals surface area contributed by atoms with Crippen molar-refractivity contribution in [2.45, 2.75) is 13.8 Å². The van der Waals surface area contributed by atoms with Gasteiger partial charge in [-0.05, 0) is 49.2 Å². The van der Waals surface area contributed by atoms with Crippen molar-refractivity contribution in [3.05, 3.63) is 86.1 Å². The van der Waals surface area contributed by atoms with Crippen molar-refractivity contribution < 1.29 is 14.1 Å². The molecule has 0 aliphatic rings. The van der Waals surface area contributed by atoms with Gasteiger partial charge in [-0.3, -0.25) is 14.9 Å². The Morgan fingerprint density at radius 2 is 1.97 bits per heavy atom. The van der Waals surface area contributed by atoms with Crippen LogP contribution in [0.3, 0.4) is 0 Å². The van der Waals surface area contributed by atoms with E-state index in [0.717, 1.165) is 5.56 Å². The molecule has 0 spiro atoms.